The van der Waals surface area contributed by atoms with Crippen molar-refractivity contribution in [3.05, 3.63) is 56.2 Å². The Morgan fingerprint density at radius 2 is 1.83 bits per heavy atom. The lowest BCUT2D eigenvalue weighted by Crippen LogP contribution is -2.34. The molecule has 0 saturated carbocycles. The van der Waals surface area contributed by atoms with Gasteiger partial charge in [-0.15, -0.1) is 11.3 Å². The van der Waals surface area contributed by atoms with Crippen LogP contribution in [-0.4, -0.2) is 29.2 Å². The molecule has 0 atom stereocenters. The second-order valence-electron chi connectivity index (χ2n) is 5.07. The van der Waals surface area contributed by atoms with E-state index in [4.69, 9.17) is 0 Å². The molecule has 3 amide bonds. The number of imide groups is 1. The number of carbonyl (C=O) groups excluding carboxylic acids is 3. The molecule has 0 spiro atoms. The normalized spacial score (nSPS) is 13.3. The van der Waals surface area contributed by atoms with Crippen molar-refractivity contribution in [2.45, 2.75) is 13.0 Å². The number of benzene rings is 1. The molecule has 2 heterocycles. The van der Waals surface area contributed by atoms with Gasteiger partial charge in [0.2, 0.25) is 5.91 Å². The summed E-state index contributed by atoms with van der Waals surface area (Å²) in [6.07, 6.45) is 0.0953. The molecule has 118 valence electrons. The zero-order chi connectivity index (χ0) is 16.4. The number of hydrogen-bond acceptors (Lipinski definition) is 4. The van der Waals surface area contributed by atoms with Gasteiger partial charge in [0.15, 0.2) is 0 Å². The molecule has 1 N–H and O–H groups in total. The van der Waals surface area contributed by atoms with E-state index in [1.807, 2.05) is 11.4 Å². The molecular weight excluding hydrogens is 380 g/mol. The number of nitrogens with zero attached hydrogens (tertiary/aromatic N) is 1. The van der Waals surface area contributed by atoms with Gasteiger partial charge in [0.1, 0.15) is 0 Å². The molecule has 0 radical (unpaired) electrons. The third-order valence-corrected chi connectivity index (χ3v) is 5.22. The van der Waals surface area contributed by atoms with E-state index in [9.17, 15) is 14.4 Å². The summed E-state index contributed by atoms with van der Waals surface area (Å²) < 4.78 is 0.984. The van der Waals surface area contributed by atoms with Gasteiger partial charge in [0, 0.05) is 27.7 Å². The van der Waals surface area contributed by atoms with E-state index in [-0.39, 0.29) is 30.7 Å². The summed E-state index contributed by atoms with van der Waals surface area (Å²) in [6.45, 7) is 0.531. The van der Waals surface area contributed by atoms with E-state index in [1.54, 1.807) is 35.6 Å². The van der Waals surface area contributed by atoms with E-state index in [0.29, 0.717) is 17.7 Å². The predicted octanol–water partition coefficient (Wildman–Crippen LogP) is 2.81. The summed E-state index contributed by atoms with van der Waals surface area (Å²) in [4.78, 5) is 38.4. The maximum atomic E-state index is 12.2. The van der Waals surface area contributed by atoms with Crippen molar-refractivity contribution in [3.8, 4) is 0 Å². The Morgan fingerprint density at radius 1 is 1.17 bits per heavy atom. The highest BCUT2D eigenvalue weighted by Crippen LogP contribution is 2.22. The van der Waals surface area contributed by atoms with Gasteiger partial charge < -0.3 is 5.32 Å². The van der Waals surface area contributed by atoms with Crippen LogP contribution in [0.4, 0.5) is 0 Å². The average Bonchev–Trinajstić information content (AvgIpc) is 3.07. The van der Waals surface area contributed by atoms with Crippen LogP contribution >= 0.6 is 27.3 Å². The number of hydrogen-bond donors (Lipinski definition) is 1. The number of thiophene rings is 1. The van der Waals surface area contributed by atoms with Crippen LogP contribution in [0.5, 0.6) is 0 Å². The minimum absolute atomic E-state index is 0.0896. The molecular formula is C16H13BrN2O3S. The first-order valence-corrected chi connectivity index (χ1v) is 8.68. The zero-order valence-corrected chi connectivity index (χ0v) is 14.4. The van der Waals surface area contributed by atoms with Crippen molar-refractivity contribution in [1.82, 2.24) is 10.2 Å². The number of carbonyl (C=O) groups is 3. The molecule has 0 bridgehead atoms. The molecule has 2 aromatic rings. The highest BCUT2D eigenvalue weighted by atomic mass is 79.9. The first kappa shape index (κ1) is 15.9. The minimum Gasteiger partial charge on any atom is -0.351 e. The summed E-state index contributed by atoms with van der Waals surface area (Å²) in [7, 11) is 0. The van der Waals surface area contributed by atoms with Crippen molar-refractivity contribution in [2.24, 2.45) is 0 Å². The Labute approximate surface area is 145 Å². The lowest BCUT2D eigenvalue weighted by Gasteiger charge is -2.13. The minimum atomic E-state index is -0.333. The number of halogens is 1. The monoisotopic (exact) mass is 392 g/mol. The quantitative estimate of drug-likeness (QED) is 0.795. The molecule has 3 rings (SSSR count). The van der Waals surface area contributed by atoms with Gasteiger partial charge >= 0.3 is 0 Å². The smallest absolute Gasteiger partial charge is 0.261 e. The molecule has 0 saturated heterocycles. The SMILES string of the molecule is O=C(CCN1C(=O)c2ccccc2C1=O)NCc1cc(Br)cs1. The number of fused-ring (bicyclic) bond motifs is 1. The Hall–Kier alpha value is -1.99. The molecule has 7 heteroatoms. The van der Waals surface area contributed by atoms with Crippen LogP contribution < -0.4 is 5.32 Å². The second-order valence-corrected chi connectivity index (χ2v) is 6.98. The number of nitrogens with one attached hydrogen (secondary N) is 1. The Morgan fingerprint density at radius 3 is 2.39 bits per heavy atom. The summed E-state index contributed by atoms with van der Waals surface area (Å²) in [6, 6.07) is 8.64. The fourth-order valence-corrected chi connectivity index (χ4v) is 3.77. The largest absolute Gasteiger partial charge is 0.351 e. The van der Waals surface area contributed by atoms with E-state index in [1.165, 1.54) is 0 Å². The second kappa shape index (κ2) is 6.64. The topological polar surface area (TPSA) is 66.5 Å². The molecule has 0 aliphatic carbocycles. The first-order chi connectivity index (χ1) is 11.1. The highest BCUT2D eigenvalue weighted by molar-refractivity contribution is 9.10. The molecule has 1 aromatic heterocycles. The molecule has 1 aliphatic rings. The average molecular weight is 393 g/mol. The van der Waals surface area contributed by atoms with Crippen molar-refractivity contribution < 1.29 is 14.4 Å². The van der Waals surface area contributed by atoms with E-state index < -0.39 is 0 Å². The van der Waals surface area contributed by atoms with Crippen molar-refractivity contribution in [2.75, 3.05) is 6.54 Å². The van der Waals surface area contributed by atoms with Gasteiger partial charge in [-0.1, -0.05) is 12.1 Å². The van der Waals surface area contributed by atoms with Crippen LogP contribution in [-0.2, 0) is 11.3 Å². The standard InChI is InChI=1S/C16H13BrN2O3S/c17-10-7-11(23-9-10)8-18-14(20)5-6-19-15(21)12-3-1-2-4-13(12)16(19)22/h1-4,7,9H,5-6,8H2,(H,18,20). The third-order valence-electron chi connectivity index (χ3n) is 3.52. The third kappa shape index (κ3) is 3.35. The molecule has 0 fully saturated rings. The van der Waals surface area contributed by atoms with Gasteiger partial charge in [-0.05, 0) is 34.1 Å². The van der Waals surface area contributed by atoms with Gasteiger partial charge in [0.05, 0.1) is 17.7 Å². The molecule has 0 unspecified atom stereocenters. The maximum absolute atomic E-state index is 12.2. The molecule has 1 aliphatic heterocycles. The fourth-order valence-electron chi connectivity index (χ4n) is 2.38. The van der Waals surface area contributed by atoms with Crippen LogP contribution in [0.2, 0.25) is 0 Å². The molecule has 5 nitrogen and oxygen atoms in total. The van der Waals surface area contributed by atoms with Crippen LogP contribution in [0.25, 0.3) is 0 Å². The highest BCUT2D eigenvalue weighted by Gasteiger charge is 2.34. The van der Waals surface area contributed by atoms with Crippen molar-refractivity contribution in [1.29, 1.82) is 0 Å². The van der Waals surface area contributed by atoms with Crippen LogP contribution in [0, 0.1) is 0 Å². The van der Waals surface area contributed by atoms with E-state index in [0.717, 1.165) is 14.2 Å². The van der Waals surface area contributed by atoms with Gasteiger partial charge in [-0.25, -0.2) is 0 Å². The van der Waals surface area contributed by atoms with Crippen LogP contribution in [0.3, 0.4) is 0 Å². The maximum Gasteiger partial charge on any atom is 0.261 e. The number of amides is 3. The Kier molecular flexibility index (Phi) is 4.58. The lowest BCUT2D eigenvalue weighted by molar-refractivity contribution is -0.121. The van der Waals surface area contributed by atoms with Gasteiger partial charge in [-0.3, -0.25) is 19.3 Å². The van der Waals surface area contributed by atoms with Crippen molar-refractivity contribution >= 4 is 45.0 Å². The van der Waals surface area contributed by atoms with Gasteiger partial charge in [0.25, 0.3) is 11.8 Å². The Bertz CT molecular complexity index is 752. The summed E-state index contributed by atoms with van der Waals surface area (Å²) in [5.41, 5.74) is 0.808. The number of rotatable bonds is 5. The zero-order valence-electron chi connectivity index (χ0n) is 12.0. The first-order valence-electron chi connectivity index (χ1n) is 7.01. The van der Waals surface area contributed by atoms with Crippen LogP contribution in [0.1, 0.15) is 32.0 Å². The summed E-state index contributed by atoms with van der Waals surface area (Å²) in [5, 5.41) is 4.73. The fraction of sp³-hybridized carbons (Fsp3) is 0.188. The molecule has 1 aromatic carbocycles. The predicted molar refractivity (Wildman–Crippen MR) is 90.3 cm³/mol. The lowest BCUT2D eigenvalue weighted by atomic mass is 10.1. The molecule has 23 heavy (non-hydrogen) atoms. The van der Waals surface area contributed by atoms with Crippen molar-refractivity contribution in [3.63, 3.8) is 0 Å². The van der Waals surface area contributed by atoms with E-state index >= 15 is 0 Å². The summed E-state index contributed by atoms with van der Waals surface area (Å²) >= 11 is 4.91. The van der Waals surface area contributed by atoms with E-state index in [2.05, 4.69) is 21.2 Å². The van der Waals surface area contributed by atoms with Crippen LogP contribution in [0.15, 0.2) is 40.2 Å². The van der Waals surface area contributed by atoms with Gasteiger partial charge in [-0.2, -0.15) is 0 Å². The summed E-state index contributed by atoms with van der Waals surface area (Å²) in [5.74, 6) is -0.854. The Balaban J connectivity index is 1.54.